The van der Waals surface area contributed by atoms with Crippen molar-refractivity contribution < 1.29 is 43.3 Å². The van der Waals surface area contributed by atoms with Crippen molar-refractivity contribution in [2.75, 3.05) is 18.9 Å². The molecule has 0 heterocycles. The van der Waals surface area contributed by atoms with Gasteiger partial charge in [0.25, 0.3) is 40.1 Å². The van der Waals surface area contributed by atoms with E-state index in [1.165, 1.54) is 115 Å². The van der Waals surface area contributed by atoms with E-state index in [-0.39, 0.29) is 41.2 Å². The Kier molecular flexibility index (Phi) is 21.4. The van der Waals surface area contributed by atoms with E-state index in [9.17, 15) is 33.7 Å². The Bertz CT molecular complexity index is 4100. The van der Waals surface area contributed by atoms with Crippen molar-refractivity contribution in [2.45, 2.75) is 207 Å². The van der Waals surface area contributed by atoms with Gasteiger partial charge in [-0.2, -0.15) is 0 Å². The van der Waals surface area contributed by atoms with Crippen LogP contribution in [0.4, 0.5) is 22.7 Å². The first-order chi connectivity index (χ1) is 43.9. The van der Waals surface area contributed by atoms with Crippen LogP contribution in [0.3, 0.4) is 0 Å². The highest BCUT2D eigenvalue weighted by molar-refractivity contribution is 7.93. The first-order valence-electron chi connectivity index (χ1n) is 32.0. The van der Waals surface area contributed by atoms with E-state index in [1.54, 1.807) is 48.5 Å². The molecule has 0 radical (unpaired) electrons. The summed E-state index contributed by atoms with van der Waals surface area (Å²) < 4.78 is 123. The Labute approximate surface area is 572 Å². The van der Waals surface area contributed by atoms with Crippen LogP contribution in [0.1, 0.15) is 204 Å². The Hall–Kier alpha value is -7.90. The van der Waals surface area contributed by atoms with Crippen molar-refractivity contribution in [3.63, 3.8) is 0 Å². The van der Waals surface area contributed by atoms with Crippen LogP contribution in [0.5, 0.6) is 0 Å². The number of fused-ring (bicyclic) bond motifs is 2. The fraction of sp³-hybridized carbons (Fsp3) is 0.359. The van der Waals surface area contributed by atoms with Crippen LogP contribution in [0.2, 0.25) is 0 Å². The van der Waals surface area contributed by atoms with Crippen molar-refractivity contribution in [3.05, 3.63) is 233 Å². The topological polar surface area (TPSA) is 219 Å². The Balaban J connectivity index is 0.000000451. The van der Waals surface area contributed by atoms with E-state index in [4.69, 9.17) is 0 Å². The molecule has 0 bridgehead atoms. The molecule has 1 aliphatic carbocycles. The molecular weight excluding hydrogens is 1280 g/mol. The van der Waals surface area contributed by atoms with Gasteiger partial charge in [-0.05, 0) is 267 Å². The highest BCUT2D eigenvalue weighted by Crippen LogP contribution is 2.44. The molecule has 512 valence electrons. The number of hydrogen-bond donors (Lipinski definition) is 4. The first-order valence-corrected chi connectivity index (χ1v) is 37.9. The van der Waals surface area contributed by atoms with Gasteiger partial charge < -0.3 is 0 Å². The molecule has 9 rings (SSSR count). The van der Waals surface area contributed by atoms with Gasteiger partial charge >= 0.3 is 0 Å². The largest absolute Gasteiger partial charge is 0.288 e. The summed E-state index contributed by atoms with van der Waals surface area (Å²) in [6.07, 6.45) is 0. The summed E-state index contributed by atoms with van der Waals surface area (Å²) in [5.74, 6) is -2.29. The Morgan fingerprint density at radius 1 is 0.219 bits per heavy atom. The van der Waals surface area contributed by atoms with Gasteiger partial charge in [-0.1, -0.05) is 132 Å². The maximum Gasteiger partial charge on any atom is 0.261 e. The third-order valence-electron chi connectivity index (χ3n) is 19.2. The van der Waals surface area contributed by atoms with E-state index in [2.05, 4.69) is 102 Å². The third kappa shape index (κ3) is 15.9. The molecule has 1 aliphatic rings. The molecule has 0 saturated heterocycles. The molecule has 0 fully saturated rings. The number of ketones is 2. The standard InChI is InChI=1S/C54H60N4O10S4.2C12H18/c1-51(2,3)33-13-21-37(22-14-33)69(61,62)55-41-29-30-42(56-70(63,64)38-23-15-34(16-24-38)52(4,5)6)46-45(41)49(59)47-43(57-71(65,66)39-25-17-35(18-26-39)53(7,8)9)31-32-44(48(47)50(46)60)58-72(67,68)40-27-19-36(20-28-40)54(10,11)12;2*1-7-8(2)10(4)12(6)11(5)9(7)3/h13-32,55-58H,1-12H3;2*1-6H3. The van der Waals surface area contributed by atoms with Gasteiger partial charge in [-0.15, -0.1) is 0 Å². The maximum atomic E-state index is 15.5. The third-order valence-corrected chi connectivity index (χ3v) is 24.7. The molecule has 0 atom stereocenters. The molecule has 0 aromatic heterocycles. The summed E-state index contributed by atoms with van der Waals surface area (Å²) in [6.45, 7) is 50.0. The van der Waals surface area contributed by atoms with Crippen molar-refractivity contribution in [3.8, 4) is 0 Å². The van der Waals surface area contributed by atoms with Crippen LogP contribution < -0.4 is 18.9 Å². The van der Waals surface area contributed by atoms with Crippen LogP contribution in [-0.2, 0) is 61.8 Å². The minimum atomic E-state index is -4.55. The zero-order valence-corrected chi connectivity index (χ0v) is 63.5. The smallest absolute Gasteiger partial charge is 0.261 e. The fourth-order valence-corrected chi connectivity index (χ4v) is 15.8. The van der Waals surface area contributed by atoms with E-state index < -0.39 is 96.7 Å². The molecule has 0 aliphatic heterocycles. The summed E-state index contributed by atoms with van der Waals surface area (Å²) in [5, 5.41) is 0. The Morgan fingerprint density at radius 3 is 0.458 bits per heavy atom. The second-order valence-electron chi connectivity index (χ2n) is 29.5. The van der Waals surface area contributed by atoms with Crippen molar-refractivity contribution in [1.82, 2.24) is 0 Å². The van der Waals surface area contributed by atoms with Gasteiger partial charge in [0, 0.05) is 0 Å². The molecule has 14 nitrogen and oxygen atoms in total. The van der Waals surface area contributed by atoms with Gasteiger partial charge in [0.15, 0.2) is 11.6 Å². The normalized spacial score (nSPS) is 13.0. The van der Waals surface area contributed by atoms with Crippen molar-refractivity contribution >= 4 is 74.4 Å². The van der Waals surface area contributed by atoms with Gasteiger partial charge in [-0.25, -0.2) is 33.7 Å². The lowest BCUT2D eigenvalue weighted by Crippen LogP contribution is -2.29. The van der Waals surface area contributed by atoms with Crippen LogP contribution >= 0.6 is 0 Å². The van der Waals surface area contributed by atoms with Gasteiger partial charge in [0.1, 0.15) is 0 Å². The lowest BCUT2D eigenvalue weighted by molar-refractivity contribution is 0.0981. The number of anilines is 4. The summed E-state index contributed by atoms with van der Waals surface area (Å²) in [4.78, 5) is 30.2. The van der Waals surface area contributed by atoms with Gasteiger partial charge in [-0.3, -0.25) is 28.5 Å². The van der Waals surface area contributed by atoms with Crippen LogP contribution in [0, 0.1) is 83.1 Å². The van der Waals surface area contributed by atoms with E-state index in [0.29, 0.717) is 0 Å². The monoisotopic (exact) mass is 1380 g/mol. The molecule has 0 amide bonds. The van der Waals surface area contributed by atoms with Crippen molar-refractivity contribution in [1.29, 1.82) is 0 Å². The SMILES string of the molecule is CC(C)(C)c1ccc(S(=O)(=O)Nc2ccc(NS(=O)(=O)c3ccc(C(C)(C)C)cc3)c3c2C(=O)c2c(NS(=O)(=O)c4ccc(C(C)(C)C)cc4)ccc(NS(=O)(=O)c4ccc(C(C)(C)C)cc4)c2C3=O)cc1.Cc1c(C)c(C)c(C)c(C)c1C.Cc1c(C)c(C)c(C)c(C)c1C. The predicted molar refractivity (Wildman–Crippen MR) is 393 cm³/mol. The molecule has 4 N–H and O–H groups in total. The number of sulfonamides is 4. The molecular formula is C78H96N4O10S4. The quantitative estimate of drug-likeness (QED) is 0.0907. The number of nitrogens with one attached hydrogen (secondary N) is 4. The van der Waals surface area contributed by atoms with E-state index >= 15 is 9.59 Å². The number of hydrogen-bond acceptors (Lipinski definition) is 10. The molecule has 8 aromatic carbocycles. The average Bonchev–Trinajstić information content (AvgIpc) is 0.719. The van der Waals surface area contributed by atoms with Gasteiger partial charge in [0.05, 0.1) is 64.6 Å². The number of benzene rings is 8. The highest BCUT2D eigenvalue weighted by atomic mass is 32.2. The molecule has 0 spiro atoms. The Morgan fingerprint density at radius 2 is 0.344 bits per heavy atom. The summed E-state index contributed by atoms with van der Waals surface area (Å²) in [5.41, 5.74) is 15.1. The van der Waals surface area contributed by atoms with Gasteiger partial charge in [0.2, 0.25) is 0 Å². The average molecular weight is 1380 g/mol. The molecule has 18 heteroatoms. The lowest BCUT2D eigenvalue weighted by atomic mass is 9.81. The van der Waals surface area contributed by atoms with Crippen LogP contribution in [-0.4, -0.2) is 45.2 Å². The molecule has 8 aromatic rings. The van der Waals surface area contributed by atoms with Crippen molar-refractivity contribution in [2.24, 2.45) is 0 Å². The number of rotatable bonds is 12. The minimum Gasteiger partial charge on any atom is -0.288 e. The zero-order valence-electron chi connectivity index (χ0n) is 60.3. The summed E-state index contributed by atoms with van der Waals surface area (Å²) in [7, 11) is -18.2. The second kappa shape index (κ2) is 27.2. The predicted octanol–water partition coefficient (Wildman–Crippen LogP) is 17.9. The minimum absolute atomic E-state index is 0.208. The van der Waals surface area contributed by atoms with Crippen LogP contribution in [0.25, 0.3) is 0 Å². The zero-order chi connectivity index (χ0) is 72.3. The fourth-order valence-electron chi connectivity index (χ4n) is 11.5. The molecule has 0 saturated carbocycles. The van der Waals surface area contributed by atoms with E-state index in [0.717, 1.165) is 46.5 Å². The number of carbonyl (C=O) groups is 2. The molecule has 0 unspecified atom stereocenters. The highest BCUT2D eigenvalue weighted by Gasteiger charge is 2.41. The molecule has 96 heavy (non-hydrogen) atoms. The maximum absolute atomic E-state index is 15.5. The van der Waals surface area contributed by atoms with Crippen LogP contribution in [0.15, 0.2) is 141 Å². The lowest BCUT2D eigenvalue weighted by Gasteiger charge is -2.27. The number of carbonyl (C=O) groups excluding carboxylic acids is 2. The summed E-state index contributed by atoms with van der Waals surface area (Å²) >= 11 is 0. The summed E-state index contributed by atoms with van der Waals surface area (Å²) in [6, 6.07) is 28.6. The van der Waals surface area contributed by atoms with E-state index in [1.807, 2.05) is 83.1 Å². The first kappa shape index (κ1) is 75.5. The second-order valence-corrected chi connectivity index (χ2v) is 36.2.